The van der Waals surface area contributed by atoms with E-state index in [2.05, 4.69) is 22.1 Å². The van der Waals surface area contributed by atoms with E-state index < -0.39 is 15.1 Å². The van der Waals surface area contributed by atoms with Gasteiger partial charge in [-0.15, -0.1) is 6.58 Å². The standard InChI is InChI=1S/C19H20N4O3S/c1-2-18(14-9-15-26-17-12-7-4-8-13-17)27(24,25)19-20-21-22-23(19)16-10-5-3-6-11-16/h2-8,10-13,18H,1,9,14-15H2. The van der Waals surface area contributed by atoms with E-state index in [1.54, 1.807) is 24.3 Å². The topological polar surface area (TPSA) is 87.0 Å². The van der Waals surface area contributed by atoms with Crippen LogP contribution in [-0.4, -0.2) is 40.5 Å². The van der Waals surface area contributed by atoms with Crippen molar-refractivity contribution in [3.05, 3.63) is 73.3 Å². The molecule has 7 nitrogen and oxygen atoms in total. The SMILES string of the molecule is C=CC(CCCOc1ccccc1)S(=O)(=O)c1nnnn1-c1ccccc1. The lowest BCUT2D eigenvalue weighted by molar-refractivity contribution is 0.307. The Hall–Kier alpha value is -3.00. The predicted molar refractivity (Wildman–Crippen MR) is 101 cm³/mol. The summed E-state index contributed by atoms with van der Waals surface area (Å²) in [5, 5.41) is 10.1. The quantitative estimate of drug-likeness (QED) is 0.416. The summed E-state index contributed by atoms with van der Waals surface area (Å²) in [6.07, 6.45) is 2.33. The summed E-state index contributed by atoms with van der Waals surface area (Å²) in [5.74, 6) is 0.753. The van der Waals surface area contributed by atoms with Crippen LogP contribution in [0.5, 0.6) is 5.75 Å². The molecule has 0 N–H and O–H groups in total. The van der Waals surface area contributed by atoms with Gasteiger partial charge in [0.1, 0.15) is 5.75 Å². The number of ether oxygens (including phenoxy) is 1. The van der Waals surface area contributed by atoms with Gasteiger partial charge in [-0.2, -0.15) is 4.68 Å². The molecule has 140 valence electrons. The van der Waals surface area contributed by atoms with E-state index in [9.17, 15) is 8.42 Å². The van der Waals surface area contributed by atoms with Crippen LogP contribution in [0.15, 0.2) is 78.5 Å². The van der Waals surface area contributed by atoms with Crippen molar-refractivity contribution in [2.45, 2.75) is 23.2 Å². The second-order valence-corrected chi connectivity index (χ2v) is 7.89. The molecular weight excluding hydrogens is 364 g/mol. The lowest BCUT2D eigenvalue weighted by Crippen LogP contribution is -2.23. The molecule has 2 aromatic carbocycles. The highest BCUT2D eigenvalue weighted by atomic mass is 32.2. The first-order chi connectivity index (χ1) is 13.1. The third-order valence-electron chi connectivity index (χ3n) is 4.00. The molecule has 1 aromatic heterocycles. The normalized spacial score (nSPS) is 12.4. The largest absolute Gasteiger partial charge is 0.494 e. The summed E-state index contributed by atoms with van der Waals surface area (Å²) >= 11 is 0. The molecule has 0 fully saturated rings. The van der Waals surface area contributed by atoms with E-state index in [0.717, 1.165) is 5.75 Å². The summed E-state index contributed by atoms with van der Waals surface area (Å²) in [5.41, 5.74) is 0.580. The first kappa shape index (κ1) is 18.8. The zero-order valence-corrected chi connectivity index (χ0v) is 15.5. The van der Waals surface area contributed by atoms with Crippen LogP contribution in [0, 0.1) is 0 Å². The summed E-state index contributed by atoms with van der Waals surface area (Å²) in [4.78, 5) is 0. The number of aromatic nitrogens is 4. The maximum absolute atomic E-state index is 13.0. The number of rotatable bonds is 9. The van der Waals surface area contributed by atoms with E-state index in [1.807, 2.05) is 36.4 Å². The van der Waals surface area contributed by atoms with E-state index in [1.165, 1.54) is 10.8 Å². The fourth-order valence-corrected chi connectivity index (χ4v) is 4.15. The van der Waals surface area contributed by atoms with Crippen molar-refractivity contribution in [1.82, 2.24) is 20.2 Å². The molecule has 0 bridgehead atoms. The van der Waals surface area contributed by atoms with Gasteiger partial charge in [0.2, 0.25) is 9.84 Å². The van der Waals surface area contributed by atoms with Gasteiger partial charge in [-0.25, -0.2) is 8.42 Å². The highest BCUT2D eigenvalue weighted by molar-refractivity contribution is 7.92. The van der Waals surface area contributed by atoms with Crippen LogP contribution in [0.1, 0.15) is 12.8 Å². The molecule has 27 heavy (non-hydrogen) atoms. The Labute approximate surface area is 158 Å². The molecule has 0 aliphatic heterocycles. The molecule has 0 saturated heterocycles. The average molecular weight is 384 g/mol. The number of benzene rings is 2. The van der Waals surface area contributed by atoms with Gasteiger partial charge >= 0.3 is 0 Å². The van der Waals surface area contributed by atoms with E-state index in [4.69, 9.17) is 4.74 Å². The molecule has 0 spiro atoms. The number of hydrogen-bond acceptors (Lipinski definition) is 6. The number of hydrogen-bond donors (Lipinski definition) is 0. The Morgan fingerprint density at radius 3 is 2.41 bits per heavy atom. The molecular formula is C19H20N4O3S. The van der Waals surface area contributed by atoms with Crippen molar-refractivity contribution < 1.29 is 13.2 Å². The van der Waals surface area contributed by atoms with Crippen molar-refractivity contribution >= 4 is 9.84 Å². The van der Waals surface area contributed by atoms with Crippen molar-refractivity contribution in [3.63, 3.8) is 0 Å². The maximum atomic E-state index is 13.0. The third kappa shape index (κ3) is 4.40. The first-order valence-electron chi connectivity index (χ1n) is 8.51. The van der Waals surface area contributed by atoms with Crippen LogP contribution in [0.2, 0.25) is 0 Å². The molecule has 0 amide bonds. The predicted octanol–water partition coefficient (Wildman–Crippen LogP) is 2.85. The van der Waals surface area contributed by atoms with Gasteiger partial charge in [0.15, 0.2) is 0 Å². The molecule has 1 atom stereocenters. The van der Waals surface area contributed by atoms with Gasteiger partial charge in [0.05, 0.1) is 17.5 Å². The van der Waals surface area contributed by atoms with E-state index in [-0.39, 0.29) is 5.16 Å². The molecule has 0 aliphatic rings. The molecule has 3 rings (SSSR count). The fraction of sp³-hybridized carbons (Fsp3) is 0.211. The van der Waals surface area contributed by atoms with Gasteiger partial charge in [-0.3, -0.25) is 0 Å². The second kappa shape index (κ2) is 8.59. The van der Waals surface area contributed by atoms with Gasteiger partial charge in [0.25, 0.3) is 5.16 Å². The molecule has 8 heteroatoms. The van der Waals surface area contributed by atoms with Crippen LogP contribution < -0.4 is 4.74 Å². The van der Waals surface area contributed by atoms with Crippen LogP contribution >= 0.6 is 0 Å². The summed E-state index contributed by atoms with van der Waals surface area (Å²) in [6, 6.07) is 18.3. The number of nitrogens with zero attached hydrogens (tertiary/aromatic N) is 4. The zero-order chi connectivity index (χ0) is 19.1. The Balaban J connectivity index is 1.70. The van der Waals surface area contributed by atoms with Crippen LogP contribution in [0.4, 0.5) is 0 Å². The summed E-state index contributed by atoms with van der Waals surface area (Å²) in [6.45, 7) is 4.09. The second-order valence-electron chi connectivity index (χ2n) is 5.83. The van der Waals surface area contributed by atoms with Crippen LogP contribution in [0.3, 0.4) is 0 Å². The Morgan fingerprint density at radius 2 is 1.74 bits per heavy atom. The third-order valence-corrected chi connectivity index (χ3v) is 5.99. The van der Waals surface area contributed by atoms with E-state index in [0.29, 0.717) is 25.1 Å². The molecule has 3 aromatic rings. The molecule has 0 radical (unpaired) electrons. The first-order valence-corrected chi connectivity index (χ1v) is 10.1. The van der Waals surface area contributed by atoms with Gasteiger partial charge < -0.3 is 4.74 Å². The molecule has 1 heterocycles. The van der Waals surface area contributed by atoms with Gasteiger partial charge in [0, 0.05) is 0 Å². The Bertz CT molecular complexity index is 972. The maximum Gasteiger partial charge on any atom is 0.273 e. The van der Waals surface area contributed by atoms with Crippen LogP contribution in [0.25, 0.3) is 5.69 Å². The van der Waals surface area contributed by atoms with Crippen molar-refractivity contribution in [2.24, 2.45) is 0 Å². The molecule has 0 saturated carbocycles. The van der Waals surface area contributed by atoms with Crippen LogP contribution in [-0.2, 0) is 9.84 Å². The minimum atomic E-state index is -3.78. The Kier molecular flexibility index (Phi) is 5.97. The minimum Gasteiger partial charge on any atom is -0.494 e. The van der Waals surface area contributed by atoms with Crippen molar-refractivity contribution in [1.29, 1.82) is 0 Å². The fourth-order valence-electron chi connectivity index (χ4n) is 2.61. The summed E-state index contributed by atoms with van der Waals surface area (Å²) < 4.78 is 32.9. The van der Waals surface area contributed by atoms with E-state index >= 15 is 0 Å². The Morgan fingerprint density at radius 1 is 1.07 bits per heavy atom. The number of para-hydroxylation sites is 2. The highest BCUT2D eigenvalue weighted by Crippen LogP contribution is 2.21. The highest BCUT2D eigenvalue weighted by Gasteiger charge is 2.31. The number of sulfone groups is 1. The average Bonchev–Trinajstić information content (AvgIpc) is 3.20. The zero-order valence-electron chi connectivity index (χ0n) is 14.7. The number of tetrazole rings is 1. The molecule has 1 unspecified atom stereocenters. The summed E-state index contributed by atoms with van der Waals surface area (Å²) in [7, 11) is -3.78. The lowest BCUT2D eigenvalue weighted by Gasteiger charge is -2.13. The molecule has 0 aliphatic carbocycles. The monoisotopic (exact) mass is 384 g/mol. The van der Waals surface area contributed by atoms with Crippen molar-refractivity contribution in [3.8, 4) is 11.4 Å². The minimum absolute atomic E-state index is 0.192. The van der Waals surface area contributed by atoms with Crippen molar-refractivity contribution in [2.75, 3.05) is 6.61 Å². The van der Waals surface area contributed by atoms with Gasteiger partial charge in [-0.05, 0) is 47.5 Å². The smallest absolute Gasteiger partial charge is 0.273 e. The van der Waals surface area contributed by atoms with Gasteiger partial charge in [-0.1, -0.05) is 47.6 Å². The lowest BCUT2D eigenvalue weighted by atomic mass is 10.2.